The molecule has 1 aromatic carbocycles. The van der Waals surface area contributed by atoms with Gasteiger partial charge in [0.1, 0.15) is 0 Å². The van der Waals surface area contributed by atoms with Gasteiger partial charge in [-0.05, 0) is 24.6 Å². The van der Waals surface area contributed by atoms with Crippen LogP contribution in [0.2, 0.25) is 5.02 Å². The number of benzene rings is 1. The normalized spacial score (nSPS) is 21.4. The molecule has 1 heterocycles. The molecule has 0 saturated carbocycles. The lowest BCUT2D eigenvalue weighted by Crippen LogP contribution is -2.32. The maximum atomic E-state index is 12.7. The molecule has 1 saturated heterocycles. The minimum Gasteiger partial charge on any atom is -0.326 e. The molecule has 20 heavy (non-hydrogen) atoms. The van der Waals surface area contributed by atoms with Crippen molar-refractivity contribution in [1.82, 2.24) is 4.31 Å². The second-order valence-corrected chi connectivity index (χ2v) is 6.90. The van der Waals surface area contributed by atoms with Crippen molar-refractivity contribution in [2.75, 3.05) is 13.1 Å². The number of alkyl halides is 3. The van der Waals surface area contributed by atoms with Crippen LogP contribution in [0.1, 0.15) is 12.0 Å². The van der Waals surface area contributed by atoms with Gasteiger partial charge in [0.2, 0.25) is 10.0 Å². The van der Waals surface area contributed by atoms with Crippen LogP contribution < -0.4 is 5.73 Å². The number of nitrogens with two attached hydrogens (primary N) is 1. The molecule has 1 aliphatic rings. The zero-order valence-corrected chi connectivity index (χ0v) is 11.8. The summed E-state index contributed by atoms with van der Waals surface area (Å²) >= 11 is 5.47. The van der Waals surface area contributed by atoms with Gasteiger partial charge in [0.15, 0.2) is 0 Å². The maximum Gasteiger partial charge on any atom is 0.417 e. The van der Waals surface area contributed by atoms with E-state index in [0.717, 1.165) is 16.4 Å². The first-order valence-corrected chi connectivity index (χ1v) is 7.56. The van der Waals surface area contributed by atoms with E-state index in [2.05, 4.69) is 0 Å². The van der Waals surface area contributed by atoms with Gasteiger partial charge in [-0.25, -0.2) is 8.42 Å². The monoisotopic (exact) mass is 328 g/mol. The highest BCUT2D eigenvalue weighted by atomic mass is 35.5. The summed E-state index contributed by atoms with van der Waals surface area (Å²) < 4.78 is 63.8. The molecule has 1 atom stereocenters. The maximum absolute atomic E-state index is 12.7. The molecule has 0 bridgehead atoms. The first kappa shape index (κ1) is 15.6. The average molecular weight is 329 g/mol. The van der Waals surface area contributed by atoms with Crippen molar-refractivity contribution in [2.45, 2.75) is 23.5 Å². The van der Waals surface area contributed by atoms with Gasteiger partial charge in [0.05, 0.1) is 15.5 Å². The Kier molecular flexibility index (Phi) is 4.03. The molecule has 0 amide bonds. The topological polar surface area (TPSA) is 63.4 Å². The Bertz CT molecular complexity index is 619. The fourth-order valence-corrected chi connectivity index (χ4v) is 3.77. The van der Waals surface area contributed by atoms with E-state index < -0.39 is 31.7 Å². The predicted molar refractivity (Wildman–Crippen MR) is 67.8 cm³/mol. The largest absolute Gasteiger partial charge is 0.417 e. The molecule has 112 valence electrons. The van der Waals surface area contributed by atoms with E-state index in [1.165, 1.54) is 0 Å². The fraction of sp³-hybridized carbons (Fsp3) is 0.455. The molecule has 0 radical (unpaired) electrons. The Balaban J connectivity index is 2.43. The third-order valence-electron chi connectivity index (χ3n) is 3.07. The lowest BCUT2D eigenvalue weighted by Gasteiger charge is -2.17. The van der Waals surface area contributed by atoms with Crippen LogP contribution in [0, 0.1) is 0 Å². The summed E-state index contributed by atoms with van der Waals surface area (Å²) in [4.78, 5) is -0.427. The highest BCUT2D eigenvalue weighted by molar-refractivity contribution is 7.89. The lowest BCUT2D eigenvalue weighted by molar-refractivity contribution is -0.137. The summed E-state index contributed by atoms with van der Waals surface area (Å²) in [5, 5.41) is -0.533. The zero-order chi connectivity index (χ0) is 15.1. The van der Waals surface area contributed by atoms with E-state index in [0.29, 0.717) is 12.5 Å². The van der Waals surface area contributed by atoms with Gasteiger partial charge in [-0.15, -0.1) is 0 Å². The van der Waals surface area contributed by atoms with Gasteiger partial charge in [-0.3, -0.25) is 0 Å². The number of hydrogen-bond donors (Lipinski definition) is 1. The van der Waals surface area contributed by atoms with E-state index in [1.54, 1.807) is 0 Å². The van der Waals surface area contributed by atoms with Crippen LogP contribution in [0.4, 0.5) is 13.2 Å². The molecule has 9 heteroatoms. The Morgan fingerprint density at radius 3 is 2.50 bits per heavy atom. The number of nitrogens with zero attached hydrogens (tertiary/aromatic N) is 1. The molecule has 0 spiro atoms. The predicted octanol–water partition coefficient (Wildman–Crippen LogP) is 2.08. The molecule has 0 aliphatic carbocycles. The fourth-order valence-electron chi connectivity index (χ4n) is 2.00. The van der Waals surface area contributed by atoms with Crippen LogP contribution >= 0.6 is 11.6 Å². The van der Waals surface area contributed by atoms with Crippen molar-refractivity contribution in [3.63, 3.8) is 0 Å². The summed E-state index contributed by atoms with van der Waals surface area (Å²) in [6, 6.07) is 2.27. The quantitative estimate of drug-likeness (QED) is 0.904. The van der Waals surface area contributed by atoms with E-state index in [-0.39, 0.29) is 19.1 Å². The van der Waals surface area contributed by atoms with E-state index in [1.807, 2.05) is 0 Å². The van der Waals surface area contributed by atoms with Crippen LogP contribution in [-0.2, 0) is 16.2 Å². The second kappa shape index (κ2) is 5.18. The summed E-state index contributed by atoms with van der Waals surface area (Å²) in [5.41, 5.74) is 4.45. The van der Waals surface area contributed by atoms with E-state index in [9.17, 15) is 21.6 Å². The molecule has 2 N–H and O–H groups in total. The van der Waals surface area contributed by atoms with E-state index in [4.69, 9.17) is 17.3 Å². The minimum atomic E-state index is -4.70. The standard InChI is InChI=1S/C11H12ClF3N2O2S/c12-10-2-1-8(5-9(10)11(13,14)15)20(18,19)17-4-3-7(16)6-17/h1-2,5,7H,3-4,6,16H2/t7-/m0/s1. The average Bonchev–Trinajstić information content (AvgIpc) is 2.75. The van der Waals surface area contributed by atoms with Crippen molar-refractivity contribution in [2.24, 2.45) is 5.73 Å². The first-order valence-electron chi connectivity index (χ1n) is 5.75. The Morgan fingerprint density at radius 2 is 2.00 bits per heavy atom. The molecule has 2 rings (SSSR count). The van der Waals surface area contributed by atoms with Gasteiger partial charge in [-0.2, -0.15) is 17.5 Å². The number of hydrogen-bond acceptors (Lipinski definition) is 3. The van der Waals surface area contributed by atoms with Gasteiger partial charge >= 0.3 is 6.18 Å². The number of rotatable bonds is 2. The summed E-state index contributed by atoms with van der Waals surface area (Å²) in [6.07, 6.45) is -4.22. The van der Waals surface area contributed by atoms with Crippen molar-refractivity contribution < 1.29 is 21.6 Å². The van der Waals surface area contributed by atoms with Crippen molar-refractivity contribution >= 4 is 21.6 Å². The number of sulfonamides is 1. The van der Waals surface area contributed by atoms with Gasteiger partial charge < -0.3 is 5.73 Å². The second-order valence-electron chi connectivity index (χ2n) is 4.55. The molecule has 1 fully saturated rings. The summed E-state index contributed by atoms with van der Waals surface area (Å²) in [6.45, 7) is 0.305. The Morgan fingerprint density at radius 1 is 1.35 bits per heavy atom. The van der Waals surface area contributed by atoms with Crippen molar-refractivity contribution in [1.29, 1.82) is 0 Å². The highest BCUT2D eigenvalue weighted by Crippen LogP contribution is 2.36. The lowest BCUT2D eigenvalue weighted by atomic mass is 10.2. The van der Waals surface area contributed by atoms with Crippen LogP contribution in [0.3, 0.4) is 0 Å². The highest BCUT2D eigenvalue weighted by Gasteiger charge is 2.36. The molecular weight excluding hydrogens is 317 g/mol. The van der Waals surface area contributed by atoms with Crippen LogP contribution in [-0.4, -0.2) is 31.9 Å². The molecule has 1 aliphatic heterocycles. The summed E-state index contributed by atoms with van der Waals surface area (Å²) in [5.74, 6) is 0. The molecule has 0 unspecified atom stereocenters. The first-order chi connectivity index (χ1) is 9.12. The molecule has 1 aromatic rings. The van der Waals surface area contributed by atoms with Crippen LogP contribution in [0.25, 0.3) is 0 Å². The SMILES string of the molecule is N[C@H]1CCN(S(=O)(=O)c2ccc(Cl)c(C(F)(F)F)c2)C1. The third kappa shape index (κ3) is 2.93. The Hall–Kier alpha value is -0.830. The van der Waals surface area contributed by atoms with Crippen LogP contribution in [0.15, 0.2) is 23.1 Å². The Labute approximate surface area is 119 Å². The molecule has 4 nitrogen and oxygen atoms in total. The smallest absolute Gasteiger partial charge is 0.326 e. The van der Waals surface area contributed by atoms with Gasteiger partial charge in [0, 0.05) is 19.1 Å². The molecule has 0 aromatic heterocycles. The van der Waals surface area contributed by atoms with Crippen molar-refractivity contribution in [3.8, 4) is 0 Å². The van der Waals surface area contributed by atoms with E-state index >= 15 is 0 Å². The van der Waals surface area contributed by atoms with Crippen LogP contribution in [0.5, 0.6) is 0 Å². The minimum absolute atomic E-state index is 0.103. The molecular formula is C11H12ClF3N2O2S. The number of halogens is 4. The third-order valence-corrected chi connectivity index (χ3v) is 5.26. The van der Waals surface area contributed by atoms with Gasteiger partial charge in [0.25, 0.3) is 0 Å². The van der Waals surface area contributed by atoms with Crippen molar-refractivity contribution in [3.05, 3.63) is 28.8 Å². The van der Waals surface area contributed by atoms with Gasteiger partial charge in [-0.1, -0.05) is 11.6 Å². The zero-order valence-electron chi connectivity index (χ0n) is 10.2. The summed E-state index contributed by atoms with van der Waals surface area (Å²) in [7, 11) is -3.98.